The number of carbonyl (C=O) groups excluding carboxylic acids is 1. The Hall–Kier alpha value is -2.76. The first-order chi connectivity index (χ1) is 12.2. The third-order valence-corrected chi connectivity index (χ3v) is 4.86. The van der Waals surface area contributed by atoms with E-state index in [0.717, 1.165) is 48.2 Å². The molecule has 1 aliphatic rings. The molecule has 1 aliphatic heterocycles. The summed E-state index contributed by atoms with van der Waals surface area (Å²) in [6, 6.07) is 7.81. The number of ether oxygens (including phenoxy) is 1. The van der Waals surface area contributed by atoms with Crippen LogP contribution < -0.4 is 4.74 Å². The Morgan fingerprint density at radius 2 is 2.36 bits per heavy atom. The summed E-state index contributed by atoms with van der Waals surface area (Å²) >= 11 is 0. The molecule has 0 saturated carbocycles. The summed E-state index contributed by atoms with van der Waals surface area (Å²) < 4.78 is 12.7. The van der Waals surface area contributed by atoms with Crippen molar-refractivity contribution >= 4 is 16.9 Å². The van der Waals surface area contributed by atoms with Crippen molar-refractivity contribution in [2.45, 2.75) is 31.8 Å². The summed E-state index contributed by atoms with van der Waals surface area (Å²) in [5, 5.41) is 5.23. The molecule has 6 nitrogen and oxygen atoms in total. The highest BCUT2D eigenvalue weighted by Crippen LogP contribution is 2.27. The second kappa shape index (κ2) is 6.63. The molecule has 1 amide bonds. The van der Waals surface area contributed by atoms with Crippen LogP contribution in [0.15, 0.2) is 47.3 Å². The number of carbonyl (C=O) groups is 1. The van der Waals surface area contributed by atoms with Gasteiger partial charge < -0.3 is 14.1 Å². The van der Waals surface area contributed by atoms with Crippen molar-refractivity contribution in [3.8, 4) is 5.75 Å². The number of aromatic nitrogens is 2. The number of nitrogens with zero attached hydrogens (tertiary/aromatic N) is 3. The zero-order valence-electron chi connectivity index (χ0n) is 14.2. The van der Waals surface area contributed by atoms with Gasteiger partial charge in [0.1, 0.15) is 11.3 Å². The van der Waals surface area contributed by atoms with E-state index in [4.69, 9.17) is 9.15 Å². The van der Waals surface area contributed by atoms with Gasteiger partial charge in [0.15, 0.2) is 0 Å². The Balaban J connectivity index is 1.49. The van der Waals surface area contributed by atoms with Crippen molar-refractivity contribution in [3.63, 3.8) is 0 Å². The first-order valence-corrected chi connectivity index (χ1v) is 8.55. The van der Waals surface area contributed by atoms with Crippen molar-refractivity contribution in [3.05, 3.63) is 48.5 Å². The molecule has 0 bridgehead atoms. The largest absolute Gasteiger partial charge is 0.497 e. The lowest BCUT2D eigenvalue weighted by atomic mass is 10.1. The molecular formula is C19H21N3O3. The van der Waals surface area contributed by atoms with Crippen LogP contribution in [0.5, 0.6) is 5.75 Å². The van der Waals surface area contributed by atoms with Gasteiger partial charge in [-0.25, -0.2) is 0 Å². The van der Waals surface area contributed by atoms with Gasteiger partial charge in [0, 0.05) is 36.0 Å². The number of furan rings is 1. The minimum absolute atomic E-state index is 0.146. The average Bonchev–Trinajstić information content (AvgIpc) is 3.36. The summed E-state index contributed by atoms with van der Waals surface area (Å²) in [7, 11) is 1.63. The van der Waals surface area contributed by atoms with Crippen LogP contribution in [0.1, 0.15) is 18.4 Å². The third kappa shape index (κ3) is 3.12. The highest BCUT2D eigenvalue weighted by atomic mass is 16.5. The first kappa shape index (κ1) is 15.7. The number of likely N-dealkylation sites (tertiary alicyclic amines) is 1. The predicted octanol–water partition coefficient (Wildman–Crippen LogP) is 2.87. The summed E-state index contributed by atoms with van der Waals surface area (Å²) in [5.41, 5.74) is 1.67. The molecule has 25 heavy (non-hydrogen) atoms. The Kier molecular flexibility index (Phi) is 4.17. The monoisotopic (exact) mass is 339 g/mol. The number of benzene rings is 1. The molecule has 0 N–H and O–H groups in total. The molecular weight excluding hydrogens is 318 g/mol. The van der Waals surface area contributed by atoms with Gasteiger partial charge in [-0.3, -0.25) is 9.48 Å². The van der Waals surface area contributed by atoms with Crippen LogP contribution in [0.2, 0.25) is 0 Å². The van der Waals surface area contributed by atoms with E-state index in [0.29, 0.717) is 6.42 Å². The van der Waals surface area contributed by atoms with Gasteiger partial charge in [0.25, 0.3) is 0 Å². The lowest BCUT2D eigenvalue weighted by Gasteiger charge is -2.24. The van der Waals surface area contributed by atoms with E-state index < -0.39 is 0 Å². The fourth-order valence-corrected chi connectivity index (χ4v) is 3.57. The maximum atomic E-state index is 12.8. The normalized spacial score (nSPS) is 17.3. The van der Waals surface area contributed by atoms with E-state index in [1.807, 2.05) is 40.0 Å². The van der Waals surface area contributed by atoms with Crippen LogP contribution in [0.3, 0.4) is 0 Å². The number of methoxy groups -OCH3 is 1. The standard InChI is InChI=1S/C19H21N3O3/c1-24-16-5-6-17-14(13-25-18(17)11-16)10-19(23)22-9-2-4-15(22)12-21-8-3-7-20-21/h3,5-8,11,13,15H,2,4,9-10,12H2,1H3/t15-/m1/s1. The first-order valence-electron chi connectivity index (χ1n) is 8.55. The van der Waals surface area contributed by atoms with Gasteiger partial charge in [0.2, 0.25) is 5.91 Å². The number of hydrogen-bond donors (Lipinski definition) is 0. The molecule has 4 rings (SSSR count). The average molecular weight is 339 g/mol. The van der Waals surface area contributed by atoms with Crippen molar-refractivity contribution in [1.29, 1.82) is 0 Å². The molecule has 3 heterocycles. The van der Waals surface area contributed by atoms with E-state index in [9.17, 15) is 4.79 Å². The maximum absolute atomic E-state index is 12.8. The topological polar surface area (TPSA) is 60.5 Å². The van der Waals surface area contributed by atoms with E-state index in [1.165, 1.54) is 0 Å². The molecule has 2 aromatic heterocycles. The van der Waals surface area contributed by atoms with Gasteiger partial charge >= 0.3 is 0 Å². The minimum Gasteiger partial charge on any atom is -0.497 e. The summed E-state index contributed by atoms with van der Waals surface area (Å²) in [4.78, 5) is 14.8. The summed E-state index contributed by atoms with van der Waals surface area (Å²) in [6.07, 6.45) is 7.82. The number of hydrogen-bond acceptors (Lipinski definition) is 4. The summed E-state index contributed by atoms with van der Waals surface area (Å²) in [6.45, 7) is 1.57. The van der Waals surface area contributed by atoms with Crippen LogP contribution in [-0.4, -0.2) is 40.3 Å². The zero-order valence-corrected chi connectivity index (χ0v) is 14.2. The van der Waals surface area contributed by atoms with Crippen molar-refractivity contribution in [2.75, 3.05) is 13.7 Å². The Morgan fingerprint density at radius 3 is 3.16 bits per heavy atom. The van der Waals surface area contributed by atoms with Crippen LogP contribution in [-0.2, 0) is 17.8 Å². The van der Waals surface area contributed by atoms with E-state index in [1.54, 1.807) is 19.6 Å². The van der Waals surface area contributed by atoms with Gasteiger partial charge in [-0.15, -0.1) is 0 Å². The van der Waals surface area contributed by atoms with Crippen LogP contribution in [0, 0.1) is 0 Å². The number of amides is 1. The molecule has 1 saturated heterocycles. The lowest BCUT2D eigenvalue weighted by molar-refractivity contribution is -0.131. The minimum atomic E-state index is 0.146. The molecule has 0 unspecified atom stereocenters. The molecule has 0 radical (unpaired) electrons. The van der Waals surface area contributed by atoms with Gasteiger partial charge in [-0.1, -0.05) is 0 Å². The highest BCUT2D eigenvalue weighted by Gasteiger charge is 2.29. The smallest absolute Gasteiger partial charge is 0.227 e. The van der Waals surface area contributed by atoms with Crippen molar-refractivity contribution < 1.29 is 13.9 Å². The molecule has 0 spiro atoms. The quantitative estimate of drug-likeness (QED) is 0.717. The second-order valence-corrected chi connectivity index (χ2v) is 6.41. The van der Waals surface area contributed by atoms with Gasteiger partial charge in [-0.2, -0.15) is 5.10 Å². The predicted molar refractivity (Wildman–Crippen MR) is 93.4 cm³/mol. The van der Waals surface area contributed by atoms with E-state index in [-0.39, 0.29) is 11.9 Å². The zero-order chi connectivity index (χ0) is 17.2. The number of fused-ring (bicyclic) bond motifs is 1. The van der Waals surface area contributed by atoms with Gasteiger partial charge in [0.05, 0.1) is 32.4 Å². The van der Waals surface area contributed by atoms with Crippen LogP contribution >= 0.6 is 0 Å². The molecule has 1 fully saturated rings. The Bertz CT molecular complexity index is 869. The Labute approximate surface area is 146 Å². The highest BCUT2D eigenvalue weighted by molar-refractivity contribution is 5.88. The van der Waals surface area contributed by atoms with Crippen molar-refractivity contribution in [2.24, 2.45) is 0 Å². The number of rotatable bonds is 5. The molecule has 130 valence electrons. The maximum Gasteiger partial charge on any atom is 0.227 e. The Morgan fingerprint density at radius 1 is 1.44 bits per heavy atom. The van der Waals surface area contributed by atoms with Gasteiger partial charge in [-0.05, 0) is 31.0 Å². The van der Waals surface area contributed by atoms with E-state index >= 15 is 0 Å². The SMILES string of the molecule is COc1ccc2c(CC(=O)N3CCC[C@@H]3Cn3cccn3)coc2c1. The molecule has 1 atom stereocenters. The molecule has 6 heteroatoms. The second-order valence-electron chi connectivity index (χ2n) is 6.41. The molecule has 3 aromatic rings. The molecule has 1 aromatic carbocycles. The van der Waals surface area contributed by atoms with E-state index in [2.05, 4.69) is 5.10 Å². The van der Waals surface area contributed by atoms with Crippen molar-refractivity contribution in [1.82, 2.24) is 14.7 Å². The third-order valence-electron chi connectivity index (χ3n) is 4.86. The molecule has 0 aliphatic carbocycles. The fourth-order valence-electron chi connectivity index (χ4n) is 3.57. The lowest BCUT2D eigenvalue weighted by Crippen LogP contribution is -2.39. The fraction of sp³-hybridized carbons (Fsp3) is 0.368. The van der Waals surface area contributed by atoms with Crippen LogP contribution in [0.25, 0.3) is 11.0 Å². The summed E-state index contributed by atoms with van der Waals surface area (Å²) in [5.74, 6) is 0.895. The van der Waals surface area contributed by atoms with Crippen LogP contribution in [0.4, 0.5) is 0 Å².